The zero-order valence-corrected chi connectivity index (χ0v) is 14.1. The summed E-state index contributed by atoms with van der Waals surface area (Å²) in [6, 6.07) is 9.31. The molecule has 0 bridgehead atoms. The van der Waals surface area contributed by atoms with Gasteiger partial charge < -0.3 is 4.74 Å². The summed E-state index contributed by atoms with van der Waals surface area (Å²) in [4.78, 5) is 7.93. The summed E-state index contributed by atoms with van der Waals surface area (Å²) in [7, 11) is 0. The van der Waals surface area contributed by atoms with Crippen molar-refractivity contribution in [2.24, 2.45) is 5.92 Å². The number of hydrogen-bond donors (Lipinski definition) is 0. The first-order valence-corrected chi connectivity index (χ1v) is 8.25. The topological polar surface area (TPSA) is 35.0 Å². The Hall–Kier alpha value is -2.37. The van der Waals surface area contributed by atoms with E-state index in [0.717, 1.165) is 11.1 Å². The summed E-state index contributed by atoms with van der Waals surface area (Å²) >= 11 is 0. The van der Waals surface area contributed by atoms with Crippen molar-refractivity contribution in [3.63, 3.8) is 0 Å². The molecule has 0 aliphatic heterocycles. The highest BCUT2D eigenvalue weighted by atomic mass is 19.4. The Kier molecular flexibility index (Phi) is 4.79. The lowest BCUT2D eigenvalue weighted by Crippen LogP contribution is -2.22. The number of alkyl halides is 3. The Morgan fingerprint density at radius 2 is 1.88 bits per heavy atom. The number of allylic oxidation sites excluding steroid dienone is 1. The Balaban J connectivity index is 2.19. The number of rotatable bonds is 3. The molecule has 1 aromatic carbocycles. The fraction of sp³-hybridized carbons (Fsp3) is 0.368. The van der Waals surface area contributed by atoms with E-state index in [1.165, 1.54) is 0 Å². The van der Waals surface area contributed by atoms with E-state index in [2.05, 4.69) is 9.97 Å². The normalized spacial score (nSPS) is 18.9. The van der Waals surface area contributed by atoms with Gasteiger partial charge in [-0.05, 0) is 42.9 Å². The van der Waals surface area contributed by atoms with Crippen molar-refractivity contribution in [1.82, 2.24) is 9.97 Å². The van der Waals surface area contributed by atoms with Crippen molar-refractivity contribution in [2.75, 3.05) is 6.61 Å². The molecule has 6 heteroatoms. The number of hydrogen-bond acceptors (Lipinski definition) is 3. The molecule has 1 aliphatic carbocycles. The van der Waals surface area contributed by atoms with Gasteiger partial charge in [-0.2, -0.15) is 23.1 Å². The smallest absolute Gasteiger partial charge is 0.433 e. The standard InChI is InChI=1S/C19H19F3N2O/c1-3-25-18-23-16-14(11-13-7-5-4-6-8-13)9-12(2)10-15(16)17(24-18)19(20,21)22/h4-8,11-12H,3,9-10H2,1-2H3/b14-11+/t12-/m1/s1. The first kappa shape index (κ1) is 17.5. The van der Waals surface area contributed by atoms with E-state index in [1.807, 2.05) is 43.3 Å². The molecule has 25 heavy (non-hydrogen) atoms. The van der Waals surface area contributed by atoms with Crippen molar-refractivity contribution in [3.8, 4) is 6.01 Å². The van der Waals surface area contributed by atoms with Gasteiger partial charge in [-0.25, -0.2) is 0 Å². The van der Waals surface area contributed by atoms with Crippen LogP contribution in [-0.2, 0) is 12.6 Å². The third kappa shape index (κ3) is 3.83. The number of nitrogens with zero attached hydrogens (tertiary/aromatic N) is 2. The lowest BCUT2D eigenvalue weighted by molar-refractivity contribution is -0.142. The summed E-state index contributed by atoms with van der Waals surface area (Å²) in [6.07, 6.45) is -1.66. The van der Waals surface area contributed by atoms with E-state index < -0.39 is 11.9 Å². The Morgan fingerprint density at radius 3 is 2.52 bits per heavy atom. The number of ether oxygens (including phenoxy) is 1. The quantitative estimate of drug-likeness (QED) is 0.781. The van der Waals surface area contributed by atoms with E-state index in [-0.39, 0.29) is 24.1 Å². The minimum Gasteiger partial charge on any atom is -0.464 e. The first-order chi connectivity index (χ1) is 11.9. The van der Waals surface area contributed by atoms with Crippen molar-refractivity contribution >= 4 is 11.6 Å². The van der Waals surface area contributed by atoms with Crippen molar-refractivity contribution in [1.29, 1.82) is 0 Å². The van der Waals surface area contributed by atoms with Crippen LogP contribution in [0.3, 0.4) is 0 Å². The van der Waals surface area contributed by atoms with E-state index >= 15 is 0 Å². The lowest BCUT2D eigenvalue weighted by atomic mass is 9.82. The van der Waals surface area contributed by atoms with E-state index in [4.69, 9.17) is 4.74 Å². The number of fused-ring (bicyclic) bond motifs is 1. The zero-order valence-electron chi connectivity index (χ0n) is 14.1. The highest BCUT2D eigenvalue weighted by molar-refractivity contribution is 5.82. The van der Waals surface area contributed by atoms with Crippen molar-refractivity contribution in [3.05, 3.63) is 52.8 Å². The average Bonchev–Trinajstić information content (AvgIpc) is 2.55. The van der Waals surface area contributed by atoms with E-state index in [9.17, 15) is 13.2 Å². The minimum atomic E-state index is -4.53. The molecule has 1 atom stereocenters. The second kappa shape index (κ2) is 6.86. The van der Waals surface area contributed by atoms with Crippen molar-refractivity contribution in [2.45, 2.75) is 32.9 Å². The molecule has 1 aromatic heterocycles. The summed E-state index contributed by atoms with van der Waals surface area (Å²) in [6.45, 7) is 3.85. The van der Waals surface area contributed by atoms with Crippen LogP contribution in [0.25, 0.3) is 11.6 Å². The third-order valence-electron chi connectivity index (χ3n) is 4.09. The molecule has 0 spiro atoms. The first-order valence-electron chi connectivity index (χ1n) is 8.25. The highest BCUT2D eigenvalue weighted by Crippen LogP contribution is 2.41. The van der Waals surface area contributed by atoms with Gasteiger partial charge in [-0.3, -0.25) is 0 Å². The Bertz CT molecular complexity index is 785. The Labute approximate surface area is 144 Å². The summed E-state index contributed by atoms with van der Waals surface area (Å²) in [5.41, 5.74) is 1.35. The van der Waals surface area contributed by atoms with Crippen LogP contribution in [0.15, 0.2) is 30.3 Å². The number of halogens is 3. The molecule has 2 aromatic rings. The van der Waals surface area contributed by atoms with E-state index in [1.54, 1.807) is 6.92 Å². The minimum absolute atomic E-state index is 0.0881. The molecule has 0 N–H and O–H groups in total. The van der Waals surface area contributed by atoms with Gasteiger partial charge in [0.2, 0.25) is 0 Å². The monoisotopic (exact) mass is 348 g/mol. The fourth-order valence-corrected chi connectivity index (χ4v) is 3.12. The molecule has 0 fully saturated rings. The van der Waals surface area contributed by atoms with Gasteiger partial charge in [0.25, 0.3) is 0 Å². The largest absolute Gasteiger partial charge is 0.464 e. The molecular formula is C19H19F3N2O. The van der Waals surface area contributed by atoms with Crippen LogP contribution in [-0.4, -0.2) is 16.6 Å². The molecule has 0 saturated heterocycles. The molecule has 0 saturated carbocycles. The van der Waals surface area contributed by atoms with Gasteiger partial charge in [0.1, 0.15) is 0 Å². The zero-order chi connectivity index (χ0) is 18.0. The molecule has 1 aliphatic rings. The molecule has 132 valence electrons. The van der Waals surface area contributed by atoms with Gasteiger partial charge in [0.05, 0.1) is 12.3 Å². The van der Waals surface area contributed by atoms with Crippen molar-refractivity contribution < 1.29 is 17.9 Å². The van der Waals surface area contributed by atoms with Crippen LogP contribution in [0, 0.1) is 5.92 Å². The predicted molar refractivity (Wildman–Crippen MR) is 90.0 cm³/mol. The van der Waals surface area contributed by atoms with Gasteiger partial charge >= 0.3 is 12.2 Å². The summed E-state index contributed by atoms with van der Waals surface area (Å²) < 4.78 is 45.7. The molecule has 3 nitrogen and oxygen atoms in total. The highest BCUT2D eigenvalue weighted by Gasteiger charge is 2.39. The van der Waals surface area contributed by atoms with E-state index in [0.29, 0.717) is 18.5 Å². The number of benzene rings is 1. The second-order valence-corrected chi connectivity index (χ2v) is 6.21. The van der Waals surface area contributed by atoms with Gasteiger partial charge in [-0.15, -0.1) is 0 Å². The van der Waals surface area contributed by atoms with Crippen LogP contribution >= 0.6 is 0 Å². The molecule has 0 radical (unpaired) electrons. The van der Waals surface area contributed by atoms with Crippen LogP contribution in [0.1, 0.15) is 42.8 Å². The maximum atomic E-state index is 13.5. The predicted octanol–water partition coefficient (Wildman–Crippen LogP) is 5.02. The second-order valence-electron chi connectivity index (χ2n) is 6.21. The molecule has 1 heterocycles. The maximum Gasteiger partial charge on any atom is 0.433 e. The van der Waals surface area contributed by atoms with Gasteiger partial charge in [0, 0.05) is 5.56 Å². The summed E-state index contributed by atoms with van der Waals surface area (Å²) in [5.74, 6) is 0.0881. The van der Waals surface area contributed by atoms with Gasteiger partial charge in [0.15, 0.2) is 5.69 Å². The van der Waals surface area contributed by atoms with Crippen LogP contribution in [0.4, 0.5) is 13.2 Å². The van der Waals surface area contributed by atoms with Crippen LogP contribution in [0.2, 0.25) is 0 Å². The lowest BCUT2D eigenvalue weighted by Gasteiger charge is -2.26. The fourth-order valence-electron chi connectivity index (χ4n) is 3.12. The van der Waals surface area contributed by atoms with Crippen LogP contribution in [0.5, 0.6) is 6.01 Å². The maximum absolute atomic E-state index is 13.5. The third-order valence-corrected chi connectivity index (χ3v) is 4.09. The molecule has 3 rings (SSSR count). The molecule has 0 amide bonds. The summed E-state index contributed by atoms with van der Waals surface area (Å²) in [5, 5.41) is 0. The molecular weight excluding hydrogens is 329 g/mol. The van der Waals surface area contributed by atoms with Crippen LogP contribution < -0.4 is 4.74 Å². The van der Waals surface area contributed by atoms with Gasteiger partial charge in [-0.1, -0.05) is 37.3 Å². The average molecular weight is 348 g/mol. The Morgan fingerprint density at radius 1 is 1.16 bits per heavy atom. The number of aromatic nitrogens is 2. The SMILES string of the molecule is CCOc1nc2c(c(C(F)(F)F)n1)C[C@H](C)C/C2=C\c1ccccc1. The molecule has 0 unspecified atom stereocenters.